The number of aromatic nitrogens is 1. The van der Waals surface area contributed by atoms with Crippen LogP contribution in [0.15, 0.2) is 18.2 Å². The van der Waals surface area contributed by atoms with Crippen molar-refractivity contribution in [1.82, 2.24) is 4.98 Å². The summed E-state index contributed by atoms with van der Waals surface area (Å²) in [5.74, 6) is -0.757. The van der Waals surface area contributed by atoms with E-state index in [9.17, 15) is 20.0 Å². The number of benzene rings is 1. The molecule has 2 rings (SSSR count). The fourth-order valence-electron chi connectivity index (χ4n) is 1.84. The highest BCUT2D eigenvalue weighted by molar-refractivity contribution is 7.11. The van der Waals surface area contributed by atoms with Crippen LogP contribution in [-0.4, -0.2) is 20.9 Å². The van der Waals surface area contributed by atoms with Gasteiger partial charge in [0.1, 0.15) is 0 Å². The van der Waals surface area contributed by atoms with Gasteiger partial charge in [0.05, 0.1) is 22.0 Å². The number of amides is 1. The lowest BCUT2D eigenvalue weighted by atomic mass is 10.2. The Bertz CT molecular complexity index is 711. The molecular weight excluding hydrogens is 294 g/mol. The molecule has 0 aliphatic heterocycles. The normalized spacial score (nSPS) is 10.4. The number of anilines is 1. The summed E-state index contributed by atoms with van der Waals surface area (Å²) in [4.78, 5) is 27.2. The molecule has 1 heterocycles. The van der Waals surface area contributed by atoms with Crippen LogP contribution < -0.4 is 5.32 Å². The topological polar surface area (TPSA) is 105 Å². The maximum Gasteiger partial charge on any atom is 0.312 e. The van der Waals surface area contributed by atoms with Crippen molar-refractivity contribution in [2.45, 2.75) is 20.3 Å². The lowest BCUT2D eigenvalue weighted by molar-refractivity contribution is -0.385. The highest BCUT2D eigenvalue weighted by Gasteiger charge is 2.15. The molecule has 0 fully saturated rings. The zero-order chi connectivity index (χ0) is 15.6. The summed E-state index contributed by atoms with van der Waals surface area (Å²) in [7, 11) is 0. The molecule has 0 aliphatic carbocycles. The number of nitrogens with zero attached hydrogens (tertiary/aromatic N) is 2. The molecule has 2 N–H and O–H groups in total. The summed E-state index contributed by atoms with van der Waals surface area (Å²) in [5, 5.41) is 23.5. The SMILES string of the molecule is Cc1nc(CC(=O)Nc2ccc(O)c([N+](=O)[O-])c2)c(C)s1. The molecule has 2 aromatic rings. The second-order valence-electron chi connectivity index (χ2n) is 4.42. The van der Waals surface area contributed by atoms with Gasteiger partial charge < -0.3 is 10.4 Å². The molecule has 0 saturated carbocycles. The van der Waals surface area contributed by atoms with E-state index in [2.05, 4.69) is 10.3 Å². The Morgan fingerprint density at radius 3 is 2.76 bits per heavy atom. The van der Waals surface area contributed by atoms with Gasteiger partial charge in [-0.25, -0.2) is 4.98 Å². The van der Waals surface area contributed by atoms with Crippen molar-refractivity contribution >= 4 is 28.6 Å². The zero-order valence-corrected chi connectivity index (χ0v) is 12.2. The maximum atomic E-state index is 11.9. The Balaban J connectivity index is 2.11. The van der Waals surface area contributed by atoms with Crippen LogP contribution in [0.1, 0.15) is 15.6 Å². The van der Waals surface area contributed by atoms with Crippen LogP contribution in [0.5, 0.6) is 5.75 Å². The predicted octanol–water partition coefficient (Wildman–Crippen LogP) is 2.55. The number of thiazole rings is 1. The molecule has 1 aromatic carbocycles. The number of nitro groups is 1. The monoisotopic (exact) mass is 307 g/mol. The quantitative estimate of drug-likeness (QED) is 0.513. The number of phenols is 1. The Hall–Kier alpha value is -2.48. The molecule has 1 aromatic heterocycles. The molecule has 0 unspecified atom stereocenters. The van der Waals surface area contributed by atoms with Crippen molar-refractivity contribution in [3.05, 3.63) is 43.9 Å². The number of nitro benzene ring substituents is 1. The van der Waals surface area contributed by atoms with Crippen LogP contribution in [0.3, 0.4) is 0 Å². The van der Waals surface area contributed by atoms with E-state index < -0.39 is 16.4 Å². The first-order valence-electron chi connectivity index (χ1n) is 6.07. The van der Waals surface area contributed by atoms with Crippen LogP contribution in [0.25, 0.3) is 0 Å². The number of rotatable bonds is 4. The summed E-state index contributed by atoms with van der Waals surface area (Å²) in [6.45, 7) is 3.75. The summed E-state index contributed by atoms with van der Waals surface area (Å²) in [5.41, 5.74) is 0.505. The molecule has 8 heteroatoms. The Labute approximate surface area is 124 Å². The van der Waals surface area contributed by atoms with E-state index in [1.54, 1.807) is 0 Å². The number of aromatic hydroxyl groups is 1. The van der Waals surface area contributed by atoms with Gasteiger partial charge in [-0.3, -0.25) is 14.9 Å². The molecule has 0 spiro atoms. The highest BCUT2D eigenvalue weighted by Crippen LogP contribution is 2.28. The molecule has 21 heavy (non-hydrogen) atoms. The minimum absolute atomic E-state index is 0.102. The fraction of sp³-hybridized carbons (Fsp3) is 0.231. The van der Waals surface area contributed by atoms with E-state index in [1.807, 2.05) is 13.8 Å². The number of hydrogen-bond donors (Lipinski definition) is 2. The van der Waals surface area contributed by atoms with Crippen molar-refractivity contribution < 1.29 is 14.8 Å². The average molecular weight is 307 g/mol. The standard InChI is InChI=1S/C13H13N3O4S/c1-7-10(14-8(2)21-7)6-13(18)15-9-3-4-12(17)11(5-9)16(19)20/h3-5,17H,6H2,1-2H3,(H,15,18). The highest BCUT2D eigenvalue weighted by atomic mass is 32.1. The van der Waals surface area contributed by atoms with Gasteiger partial charge in [-0.15, -0.1) is 11.3 Å². The molecule has 0 atom stereocenters. The van der Waals surface area contributed by atoms with Gasteiger partial charge in [-0.2, -0.15) is 0 Å². The first-order chi connectivity index (χ1) is 9.86. The molecule has 0 aliphatic rings. The summed E-state index contributed by atoms with van der Waals surface area (Å²) in [6.07, 6.45) is 0.102. The Morgan fingerprint density at radius 1 is 1.48 bits per heavy atom. The van der Waals surface area contributed by atoms with Crippen molar-refractivity contribution in [3.63, 3.8) is 0 Å². The van der Waals surface area contributed by atoms with Gasteiger partial charge in [0, 0.05) is 16.6 Å². The summed E-state index contributed by atoms with van der Waals surface area (Å²) >= 11 is 1.51. The second kappa shape index (κ2) is 5.88. The maximum absolute atomic E-state index is 11.9. The van der Waals surface area contributed by atoms with Crippen molar-refractivity contribution in [1.29, 1.82) is 0 Å². The smallest absolute Gasteiger partial charge is 0.312 e. The molecule has 0 saturated heterocycles. The van der Waals surface area contributed by atoms with Crippen LogP contribution >= 0.6 is 11.3 Å². The number of aryl methyl sites for hydroxylation is 2. The molecule has 110 valence electrons. The number of phenolic OH excluding ortho intramolecular Hbond substituents is 1. The van der Waals surface area contributed by atoms with Crippen molar-refractivity contribution in [2.24, 2.45) is 0 Å². The third-order valence-electron chi connectivity index (χ3n) is 2.78. The van der Waals surface area contributed by atoms with Crippen LogP contribution in [-0.2, 0) is 11.2 Å². The molecule has 0 bridgehead atoms. The Morgan fingerprint density at radius 2 is 2.19 bits per heavy atom. The van der Waals surface area contributed by atoms with E-state index in [0.717, 1.165) is 16.0 Å². The van der Waals surface area contributed by atoms with Gasteiger partial charge in [0.25, 0.3) is 0 Å². The predicted molar refractivity (Wildman–Crippen MR) is 78.7 cm³/mol. The lowest BCUT2D eigenvalue weighted by Crippen LogP contribution is -2.15. The van der Waals surface area contributed by atoms with Crippen LogP contribution in [0.2, 0.25) is 0 Å². The average Bonchev–Trinajstić information content (AvgIpc) is 2.69. The van der Waals surface area contributed by atoms with E-state index in [0.29, 0.717) is 5.69 Å². The first-order valence-corrected chi connectivity index (χ1v) is 6.88. The third kappa shape index (κ3) is 3.54. The first kappa shape index (κ1) is 14.9. The van der Waals surface area contributed by atoms with Gasteiger partial charge >= 0.3 is 5.69 Å². The van der Waals surface area contributed by atoms with Crippen molar-refractivity contribution in [3.8, 4) is 5.75 Å². The van der Waals surface area contributed by atoms with Gasteiger partial charge in [0.15, 0.2) is 5.75 Å². The largest absolute Gasteiger partial charge is 0.502 e. The molecule has 1 amide bonds. The van der Waals surface area contributed by atoms with E-state index in [4.69, 9.17) is 0 Å². The molecule has 0 radical (unpaired) electrons. The number of nitrogens with one attached hydrogen (secondary N) is 1. The van der Waals surface area contributed by atoms with Gasteiger partial charge in [-0.05, 0) is 26.0 Å². The lowest BCUT2D eigenvalue weighted by Gasteiger charge is -2.05. The van der Waals surface area contributed by atoms with Crippen LogP contribution in [0, 0.1) is 24.0 Å². The number of carbonyl (C=O) groups is 1. The van der Waals surface area contributed by atoms with E-state index in [1.165, 1.54) is 23.5 Å². The minimum atomic E-state index is -0.709. The molecule has 7 nitrogen and oxygen atoms in total. The van der Waals surface area contributed by atoms with Gasteiger partial charge in [0.2, 0.25) is 5.91 Å². The summed E-state index contributed by atoms with van der Waals surface area (Å²) in [6, 6.07) is 3.69. The zero-order valence-electron chi connectivity index (χ0n) is 11.4. The second-order valence-corrected chi connectivity index (χ2v) is 5.83. The number of hydrogen-bond acceptors (Lipinski definition) is 6. The van der Waals surface area contributed by atoms with E-state index in [-0.39, 0.29) is 18.0 Å². The summed E-state index contributed by atoms with van der Waals surface area (Å²) < 4.78 is 0. The Kier molecular flexibility index (Phi) is 4.18. The van der Waals surface area contributed by atoms with E-state index >= 15 is 0 Å². The van der Waals surface area contributed by atoms with Crippen molar-refractivity contribution in [2.75, 3.05) is 5.32 Å². The minimum Gasteiger partial charge on any atom is -0.502 e. The number of carbonyl (C=O) groups excluding carboxylic acids is 1. The third-order valence-corrected chi connectivity index (χ3v) is 3.71. The van der Waals surface area contributed by atoms with Crippen LogP contribution in [0.4, 0.5) is 11.4 Å². The van der Waals surface area contributed by atoms with Gasteiger partial charge in [-0.1, -0.05) is 0 Å². The molecular formula is C13H13N3O4S. The fourth-order valence-corrected chi connectivity index (χ4v) is 2.68.